The number of piperidine rings is 1. The zero-order valence-corrected chi connectivity index (χ0v) is 13.6. The zero-order chi connectivity index (χ0) is 15.4. The Hall–Kier alpha value is -0.810. The number of nitrogens with zero attached hydrogens (tertiary/aromatic N) is 1. The number of carbonyl (C=O) groups excluding carboxylic acids is 1. The van der Waals surface area contributed by atoms with Crippen molar-refractivity contribution in [2.45, 2.75) is 25.8 Å². The quantitative estimate of drug-likeness (QED) is 0.892. The van der Waals surface area contributed by atoms with Gasteiger partial charge in [0.2, 0.25) is 5.91 Å². The fraction of sp³-hybridized carbons (Fsp3) is 0.533. The molecule has 0 radical (unpaired) electrons. The van der Waals surface area contributed by atoms with Gasteiger partial charge in [0.05, 0.1) is 22.3 Å². The van der Waals surface area contributed by atoms with Crippen LogP contribution in [0.2, 0.25) is 10.0 Å². The predicted octanol–water partition coefficient (Wildman–Crippen LogP) is 2.99. The molecule has 2 rings (SSSR count). The molecule has 0 saturated carbocycles. The fourth-order valence-electron chi connectivity index (χ4n) is 2.69. The number of nitrogens with two attached hydrogens (primary N) is 1. The van der Waals surface area contributed by atoms with E-state index in [0.717, 1.165) is 25.9 Å². The maximum Gasteiger partial charge on any atom is 0.238 e. The van der Waals surface area contributed by atoms with Crippen molar-refractivity contribution in [2.75, 3.05) is 25.0 Å². The van der Waals surface area contributed by atoms with E-state index in [1.54, 1.807) is 18.2 Å². The minimum absolute atomic E-state index is 0.0792. The lowest BCUT2D eigenvalue weighted by molar-refractivity contribution is -0.117. The van der Waals surface area contributed by atoms with Crippen LogP contribution in [0.4, 0.5) is 5.69 Å². The van der Waals surface area contributed by atoms with Gasteiger partial charge in [0, 0.05) is 19.1 Å². The average molecular weight is 330 g/mol. The molecule has 21 heavy (non-hydrogen) atoms. The van der Waals surface area contributed by atoms with Gasteiger partial charge in [-0.15, -0.1) is 0 Å². The molecule has 6 heteroatoms. The number of likely N-dealkylation sites (tertiary alicyclic amines) is 1. The van der Waals surface area contributed by atoms with Gasteiger partial charge in [0.25, 0.3) is 0 Å². The molecule has 2 atom stereocenters. The Morgan fingerprint density at radius 2 is 2.24 bits per heavy atom. The summed E-state index contributed by atoms with van der Waals surface area (Å²) in [5, 5.41) is 3.62. The van der Waals surface area contributed by atoms with Crippen LogP contribution in [0.1, 0.15) is 19.8 Å². The van der Waals surface area contributed by atoms with E-state index in [-0.39, 0.29) is 11.9 Å². The van der Waals surface area contributed by atoms with Crippen molar-refractivity contribution < 1.29 is 4.79 Å². The van der Waals surface area contributed by atoms with Crippen molar-refractivity contribution in [3.63, 3.8) is 0 Å². The summed E-state index contributed by atoms with van der Waals surface area (Å²) in [5.41, 5.74) is 6.63. The van der Waals surface area contributed by atoms with Crippen molar-refractivity contribution in [3.8, 4) is 0 Å². The smallest absolute Gasteiger partial charge is 0.238 e. The molecule has 0 bridgehead atoms. The van der Waals surface area contributed by atoms with Crippen LogP contribution in [0.25, 0.3) is 0 Å². The van der Waals surface area contributed by atoms with Crippen molar-refractivity contribution in [1.82, 2.24) is 4.90 Å². The predicted molar refractivity (Wildman–Crippen MR) is 87.9 cm³/mol. The molecule has 1 amide bonds. The van der Waals surface area contributed by atoms with Gasteiger partial charge in [-0.25, -0.2) is 0 Å². The molecule has 0 spiro atoms. The molecule has 1 saturated heterocycles. The van der Waals surface area contributed by atoms with Crippen LogP contribution in [0.15, 0.2) is 18.2 Å². The van der Waals surface area contributed by atoms with E-state index >= 15 is 0 Å². The summed E-state index contributed by atoms with van der Waals surface area (Å²) in [4.78, 5) is 14.3. The van der Waals surface area contributed by atoms with Gasteiger partial charge in [-0.05, 0) is 24.5 Å². The first-order valence-corrected chi connectivity index (χ1v) is 7.98. The molecule has 1 heterocycles. The van der Waals surface area contributed by atoms with Gasteiger partial charge in [-0.3, -0.25) is 9.69 Å². The van der Waals surface area contributed by atoms with Crippen LogP contribution < -0.4 is 11.1 Å². The van der Waals surface area contributed by atoms with Gasteiger partial charge >= 0.3 is 0 Å². The molecule has 1 aliphatic heterocycles. The molecule has 0 aromatic heterocycles. The normalized spacial score (nSPS) is 23.0. The number of rotatable bonds is 4. The zero-order valence-electron chi connectivity index (χ0n) is 12.1. The highest BCUT2D eigenvalue weighted by Crippen LogP contribution is 2.29. The monoisotopic (exact) mass is 329 g/mol. The van der Waals surface area contributed by atoms with Crippen LogP contribution in [-0.4, -0.2) is 36.5 Å². The number of carbonyl (C=O) groups is 1. The van der Waals surface area contributed by atoms with Crippen molar-refractivity contribution in [1.29, 1.82) is 0 Å². The van der Waals surface area contributed by atoms with Gasteiger partial charge in [-0.2, -0.15) is 0 Å². The van der Waals surface area contributed by atoms with E-state index in [0.29, 0.717) is 28.2 Å². The summed E-state index contributed by atoms with van der Waals surface area (Å²) in [5.74, 6) is 0.380. The second kappa shape index (κ2) is 7.45. The highest BCUT2D eigenvalue weighted by Gasteiger charge is 2.26. The van der Waals surface area contributed by atoms with Crippen LogP contribution in [-0.2, 0) is 4.79 Å². The molecule has 0 aliphatic carbocycles. The number of nitrogens with one attached hydrogen (secondary N) is 1. The van der Waals surface area contributed by atoms with E-state index in [2.05, 4.69) is 17.1 Å². The lowest BCUT2D eigenvalue weighted by Crippen LogP contribution is -2.48. The molecule has 1 aromatic carbocycles. The standard InChI is InChI=1S/C15H21Cl2N3O/c1-2-10-8-20(7-6-12(10)18)9-14(21)19-13-5-3-4-11(16)15(13)17/h3-5,10,12H,2,6-9,18H2,1H3,(H,19,21). The Balaban J connectivity index is 1.91. The second-order valence-electron chi connectivity index (χ2n) is 5.51. The molecule has 1 aliphatic rings. The third-order valence-electron chi connectivity index (χ3n) is 3.99. The van der Waals surface area contributed by atoms with Crippen molar-refractivity contribution in [3.05, 3.63) is 28.2 Å². The maximum atomic E-state index is 12.1. The van der Waals surface area contributed by atoms with E-state index in [1.165, 1.54) is 0 Å². The minimum Gasteiger partial charge on any atom is -0.327 e. The van der Waals surface area contributed by atoms with E-state index in [1.807, 2.05) is 0 Å². The third-order valence-corrected chi connectivity index (χ3v) is 4.81. The van der Waals surface area contributed by atoms with E-state index in [4.69, 9.17) is 28.9 Å². The average Bonchev–Trinajstić information content (AvgIpc) is 2.46. The number of hydrogen-bond acceptors (Lipinski definition) is 3. The van der Waals surface area contributed by atoms with Crippen LogP contribution in [0, 0.1) is 5.92 Å². The topological polar surface area (TPSA) is 58.4 Å². The molecule has 2 unspecified atom stereocenters. The van der Waals surface area contributed by atoms with Gasteiger partial charge in [0.15, 0.2) is 0 Å². The summed E-state index contributed by atoms with van der Waals surface area (Å²) in [7, 11) is 0. The molecule has 1 aromatic rings. The Morgan fingerprint density at radius 3 is 2.95 bits per heavy atom. The molecule has 3 N–H and O–H groups in total. The number of hydrogen-bond donors (Lipinski definition) is 2. The number of halogens is 2. The SMILES string of the molecule is CCC1CN(CC(=O)Nc2cccc(Cl)c2Cl)CCC1N. The largest absolute Gasteiger partial charge is 0.327 e. The van der Waals surface area contributed by atoms with Gasteiger partial charge in [0.1, 0.15) is 0 Å². The Bertz CT molecular complexity index is 510. The van der Waals surface area contributed by atoms with Crippen LogP contribution >= 0.6 is 23.2 Å². The highest BCUT2D eigenvalue weighted by molar-refractivity contribution is 6.43. The Morgan fingerprint density at radius 1 is 1.48 bits per heavy atom. The van der Waals surface area contributed by atoms with E-state index in [9.17, 15) is 4.79 Å². The summed E-state index contributed by atoms with van der Waals surface area (Å²) in [6, 6.07) is 5.44. The Labute approximate surface area is 135 Å². The van der Waals surface area contributed by atoms with Crippen molar-refractivity contribution >= 4 is 34.8 Å². The molecular formula is C15H21Cl2N3O. The summed E-state index contributed by atoms with van der Waals surface area (Å²) < 4.78 is 0. The molecular weight excluding hydrogens is 309 g/mol. The Kier molecular flexibility index (Phi) is 5.88. The maximum absolute atomic E-state index is 12.1. The fourth-order valence-corrected chi connectivity index (χ4v) is 3.04. The van der Waals surface area contributed by atoms with Gasteiger partial charge in [-0.1, -0.05) is 42.6 Å². The van der Waals surface area contributed by atoms with Crippen molar-refractivity contribution in [2.24, 2.45) is 11.7 Å². The number of amides is 1. The van der Waals surface area contributed by atoms with Gasteiger partial charge < -0.3 is 11.1 Å². The highest BCUT2D eigenvalue weighted by atomic mass is 35.5. The summed E-state index contributed by atoms with van der Waals surface area (Å²) >= 11 is 12.0. The first kappa shape index (κ1) is 16.6. The number of anilines is 1. The van der Waals surface area contributed by atoms with E-state index < -0.39 is 0 Å². The van der Waals surface area contributed by atoms with Crippen LogP contribution in [0.3, 0.4) is 0 Å². The molecule has 4 nitrogen and oxygen atoms in total. The lowest BCUT2D eigenvalue weighted by atomic mass is 9.91. The molecule has 1 fully saturated rings. The first-order chi connectivity index (χ1) is 10.0. The first-order valence-electron chi connectivity index (χ1n) is 7.23. The minimum atomic E-state index is -0.0792. The summed E-state index contributed by atoms with van der Waals surface area (Å²) in [6.07, 6.45) is 1.98. The molecule has 116 valence electrons. The third kappa shape index (κ3) is 4.33. The second-order valence-corrected chi connectivity index (χ2v) is 6.29. The number of benzene rings is 1. The van der Waals surface area contributed by atoms with Crippen LogP contribution in [0.5, 0.6) is 0 Å². The summed E-state index contributed by atoms with van der Waals surface area (Å²) in [6.45, 7) is 4.22. The lowest BCUT2D eigenvalue weighted by Gasteiger charge is -2.36.